The molecule has 1 aromatic heterocycles. The number of carboxylic acids is 1. The summed E-state index contributed by atoms with van der Waals surface area (Å²) < 4.78 is 7.38. The number of nitro groups is 1. The normalized spacial score (nSPS) is 14.4. The first-order valence-corrected chi connectivity index (χ1v) is 12.5. The number of amides is 1. The van der Waals surface area contributed by atoms with Gasteiger partial charge in [0.25, 0.3) is 5.91 Å². The van der Waals surface area contributed by atoms with Crippen LogP contribution < -0.4 is 4.74 Å². The fourth-order valence-corrected chi connectivity index (χ4v) is 5.04. The lowest BCUT2D eigenvalue weighted by atomic mass is 10.1. The maximum absolute atomic E-state index is 13.0. The van der Waals surface area contributed by atoms with E-state index >= 15 is 0 Å². The molecule has 190 valence electrons. The van der Waals surface area contributed by atoms with Crippen molar-refractivity contribution in [2.75, 3.05) is 13.2 Å². The molecule has 0 saturated carbocycles. The van der Waals surface area contributed by atoms with Gasteiger partial charge in [-0.1, -0.05) is 42.2 Å². The minimum absolute atomic E-state index is 0.0688. The Morgan fingerprint density at radius 3 is 2.70 bits per heavy atom. The van der Waals surface area contributed by atoms with E-state index in [4.69, 9.17) is 22.1 Å². The average molecular weight is 539 g/mol. The van der Waals surface area contributed by atoms with Crippen LogP contribution in [0.4, 0.5) is 5.69 Å². The van der Waals surface area contributed by atoms with Crippen molar-refractivity contribution in [2.24, 2.45) is 0 Å². The van der Waals surface area contributed by atoms with Gasteiger partial charge in [-0.3, -0.25) is 24.6 Å². The Bertz CT molecular complexity index is 1400. The number of thiocarbonyl (C=S) groups is 1. The van der Waals surface area contributed by atoms with E-state index in [1.807, 2.05) is 30.3 Å². The van der Waals surface area contributed by atoms with Crippen LogP contribution in [0.1, 0.15) is 25.3 Å². The van der Waals surface area contributed by atoms with Gasteiger partial charge >= 0.3 is 11.7 Å². The van der Waals surface area contributed by atoms with Gasteiger partial charge in [-0.05, 0) is 43.7 Å². The van der Waals surface area contributed by atoms with Crippen molar-refractivity contribution in [2.45, 2.75) is 19.8 Å². The molecular weight excluding hydrogens is 516 g/mol. The molecule has 3 aromatic rings. The van der Waals surface area contributed by atoms with Gasteiger partial charge in [-0.15, -0.1) is 0 Å². The van der Waals surface area contributed by atoms with E-state index in [0.717, 1.165) is 17.4 Å². The number of rotatable bonds is 10. The SMILES string of the molecule is CCOc1ccc(-c2nn(-c3ccccc3)cc2C=C2SC(=S)N(CCCC(=O)O)C2=O)cc1[N+](=O)[O-]. The highest BCUT2D eigenvalue weighted by Gasteiger charge is 2.32. The monoisotopic (exact) mass is 538 g/mol. The van der Waals surface area contributed by atoms with Crippen molar-refractivity contribution >= 4 is 51.9 Å². The summed E-state index contributed by atoms with van der Waals surface area (Å²) in [4.78, 5) is 36.8. The number of benzene rings is 2. The molecule has 12 heteroatoms. The number of aliphatic carboxylic acids is 1. The molecule has 10 nitrogen and oxygen atoms in total. The van der Waals surface area contributed by atoms with Gasteiger partial charge in [-0.2, -0.15) is 5.10 Å². The molecule has 0 radical (unpaired) electrons. The lowest BCUT2D eigenvalue weighted by Gasteiger charge is -2.13. The second-order valence-corrected chi connectivity index (χ2v) is 9.59. The fourth-order valence-electron chi connectivity index (χ4n) is 3.74. The first-order chi connectivity index (χ1) is 17.8. The molecule has 1 saturated heterocycles. The third kappa shape index (κ3) is 5.87. The third-order valence-electron chi connectivity index (χ3n) is 5.42. The number of nitro benzene ring substituents is 1. The number of para-hydroxylation sites is 1. The summed E-state index contributed by atoms with van der Waals surface area (Å²) in [5.74, 6) is -1.11. The minimum atomic E-state index is -0.941. The molecule has 0 atom stereocenters. The first kappa shape index (κ1) is 26.0. The highest BCUT2D eigenvalue weighted by atomic mass is 32.2. The second kappa shape index (κ2) is 11.4. The highest BCUT2D eigenvalue weighted by molar-refractivity contribution is 8.26. The summed E-state index contributed by atoms with van der Waals surface area (Å²) in [6, 6.07) is 13.9. The molecule has 0 bridgehead atoms. The van der Waals surface area contributed by atoms with Crippen LogP contribution in [0.15, 0.2) is 59.6 Å². The molecule has 1 fully saturated rings. The standard InChI is InChI=1S/C25H22N4O6S2/c1-2-35-20-11-10-16(13-19(20)29(33)34)23-17(15-28(26-23)18-7-4-3-5-8-18)14-21-24(32)27(25(36)37-21)12-6-9-22(30)31/h3-5,7-8,10-11,13-15H,2,6,9,12H2,1H3,(H,30,31). The van der Waals surface area contributed by atoms with Gasteiger partial charge in [-0.25, -0.2) is 4.68 Å². The Morgan fingerprint density at radius 1 is 1.27 bits per heavy atom. The number of aromatic nitrogens is 2. The zero-order chi connectivity index (χ0) is 26.5. The maximum atomic E-state index is 13.0. The van der Waals surface area contributed by atoms with Gasteiger partial charge in [0.1, 0.15) is 10.0 Å². The van der Waals surface area contributed by atoms with Gasteiger partial charge in [0.05, 0.1) is 22.1 Å². The van der Waals surface area contributed by atoms with Crippen molar-refractivity contribution in [1.82, 2.24) is 14.7 Å². The first-order valence-electron chi connectivity index (χ1n) is 11.3. The van der Waals surface area contributed by atoms with Crippen LogP contribution >= 0.6 is 24.0 Å². The Balaban J connectivity index is 1.76. The Hall–Kier alpha value is -4.03. The summed E-state index contributed by atoms with van der Waals surface area (Å²) in [5.41, 5.74) is 2.06. The lowest BCUT2D eigenvalue weighted by molar-refractivity contribution is -0.385. The summed E-state index contributed by atoms with van der Waals surface area (Å²) in [6.07, 6.45) is 3.60. The molecule has 1 aliphatic heterocycles. The highest BCUT2D eigenvalue weighted by Crippen LogP contribution is 2.37. The fraction of sp³-hybridized carbons (Fsp3) is 0.200. The van der Waals surface area contributed by atoms with Crippen LogP contribution in [0.5, 0.6) is 5.75 Å². The van der Waals surface area contributed by atoms with E-state index in [2.05, 4.69) is 5.10 Å². The van der Waals surface area contributed by atoms with Crippen LogP contribution in [0.25, 0.3) is 23.0 Å². The van der Waals surface area contributed by atoms with Gasteiger partial charge in [0.15, 0.2) is 5.75 Å². The molecule has 1 N–H and O–H groups in total. The predicted molar refractivity (Wildman–Crippen MR) is 144 cm³/mol. The van der Waals surface area contributed by atoms with Crippen molar-refractivity contribution in [3.05, 3.63) is 75.3 Å². The summed E-state index contributed by atoms with van der Waals surface area (Å²) in [7, 11) is 0. The average Bonchev–Trinajstić information content (AvgIpc) is 3.41. The Labute approximate surface area is 221 Å². The molecule has 2 aromatic carbocycles. The van der Waals surface area contributed by atoms with Crippen molar-refractivity contribution in [1.29, 1.82) is 0 Å². The quantitative estimate of drug-likeness (QED) is 0.166. The largest absolute Gasteiger partial charge is 0.487 e. The van der Waals surface area contributed by atoms with Crippen molar-refractivity contribution < 1.29 is 24.4 Å². The molecular formula is C25H22N4O6S2. The molecule has 2 heterocycles. The topological polar surface area (TPSA) is 128 Å². The number of carboxylic acid groups (broad SMARTS) is 1. The van der Waals surface area contributed by atoms with Crippen LogP contribution in [-0.4, -0.2) is 54.1 Å². The lowest BCUT2D eigenvalue weighted by Crippen LogP contribution is -2.29. The van der Waals surface area contributed by atoms with E-state index in [1.165, 1.54) is 17.0 Å². The molecule has 1 aliphatic rings. The molecule has 0 aliphatic carbocycles. The zero-order valence-corrected chi connectivity index (χ0v) is 21.3. The number of hydrogen-bond acceptors (Lipinski definition) is 8. The molecule has 1 amide bonds. The smallest absolute Gasteiger partial charge is 0.311 e. The molecule has 37 heavy (non-hydrogen) atoms. The summed E-state index contributed by atoms with van der Waals surface area (Å²) in [6.45, 7) is 2.23. The molecule has 0 spiro atoms. The third-order valence-corrected chi connectivity index (χ3v) is 6.80. The van der Waals surface area contributed by atoms with Gasteiger partial charge in [0, 0.05) is 36.4 Å². The second-order valence-electron chi connectivity index (χ2n) is 7.92. The Morgan fingerprint density at radius 2 is 2.03 bits per heavy atom. The van der Waals surface area contributed by atoms with E-state index in [1.54, 1.807) is 29.9 Å². The van der Waals surface area contributed by atoms with Crippen LogP contribution in [-0.2, 0) is 9.59 Å². The van der Waals surface area contributed by atoms with E-state index < -0.39 is 10.9 Å². The number of thioether (sulfide) groups is 1. The number of carbonyl (C=O) groups excluding carboxylic acids is 1. The zero-order valence-electron chi connectivity index (χ0n) is 19.7. The molecule has 0 unspecified atom stereocenters. The minimum Gasteiger partial charge on any atom is -0.487 e. The number of hydrogen-bond donors (Lipinski definition) is 1. The number of ether oxygens (including phenoxy) is 1. The molecule has 4 rings (SSSR count). The van der Waals surface area contributed by atoms with Crippen molar-refractivity contribution in [3.8, 4) is 22.7 Å². The summed E-state index contributed by atoms with van der Waals surface area (Å²) in [5, 5.41) is 25.3. The van der Waals surface area contributed by atoms with Crippen LogP contribution in [0.3, 0.4) is 0 Å². The van der Waals surface area contributed by atoms with Gasteiger partial charge < -0.3 is 9.84 Å². The van der Waals surface area contributed by atoms with E-state index in [0.29, 0.717) is 26.0 Å². The number of nitrogens with zero attached hydrogens (tertiary/aromatic N) is 4. The maximum Gasteiger partial charge on any atom is 0.311 e. The predicted octanol–water partition coefficient (Wildman–Crippen LogP) is 4.91. The summed E-state index contributed by atoms with van der Waals surface area (Å²) >= 11 is 6.47. The van der Waals surface area contributed by atoms with E-state index in [9.17, 15) is 19.7 Å². The Kier molecular flexibility index (Phi) is 7.99. The van der Waals surface area contributed by atoms with Crippen LogP contribution in [0.2, 0.25) is 0 Å². The number of carbonyl (C=O) groups is 2. The van der Waals surface area contributed by atoms with E-state index in [-0.39, 0.29) is 43.3 Å². The van der Waals surface area contributed by atoms with Gasteiger partial charge in [0.2, 0.25) is 0 Å². The van der Waals surface area contributed by atoms with Crippen LogP contribution in [0, 0.1) is 10.1 Å². The van der Waals surface area contributed by atoms with Crippen molar-refractivity contribution in [3.63, 3.8) is 0 Å².